The van der Waals surface area contributed by atoms with Gasteiger partial charge in [0, 0.05) is 12.1 Å². The van der Waals surface area contributed by atoms with Crippen LogP contribution < -0.4 is 11.4 Å². The number of aromatic nitrogens is 2. The summed E-state index contributed by atoms with van der Waals surface area (Å²) in [5.41, 5.74) is 5.71. The predicted molar refractivity (Wildman–Crippen MR) is 100 cm³/mol. The number of halogens is 1. The van der Waals surface area contributed by atoms with Crippen LogP contribution in [-0.4, -0.2) is 28.2 Å². The first-order chi connectivity index (χ1) is 12.0. The summed E-state index contributed by atoms with van der Waals surface area (Å²) in [7, 11) is 0. The second-order valence-electron chi connectivity index (χ2n) is 5.99. The highest BCUT2D eigenvalue weighted by Crippen LogP contribution is 2.33. The Morgan fingerprint density at radius 1 is 1.44 bits per heavy atom. The van der Waals surface area contributed by atoms with Gasteiger partial charge in [-0.1, -0.05) is 25.1 Å². The van der Waals surface area contributed by atoms with Gasteiger partial charge in [-0.2, -0.15) is 4.98 Å². The van der Waals surface area contributed by atoms with E-state index >= 15 is 0 Å². The maximum Gasteiger partial charge on any atom is 0.351 e. The van der Waals surface area contributed by atoms with E-state index in [4.69, 9.17) is 15.2 Å². The molecular formula is C17H18IN3O4. The molecule has 0 saturated carbocycles. The number of nitrogens with zero attached hydrogens (tertiary/aromatic N) is 2. The Kier molecular flexibility index (Phi) is 5.38. The van der Waals surface area contributed by atoms with Gasteiger partial charge < -0.3 is 15.2 Å². The topological polar surface area (TPSA) is 96.4 Å². The van der Waals surface area contributed by atoms with Gasteiger partial charge in [0.25, 0.3) is 0 Å². The Labute approximate surface area is 158 Å². The average molecular weight is 455 g/mol. The standard InChI is InChI=1S/C17H18IN3O4/c1-10-7-12(9-24-16(22)11-5-3-2-4-6-11)25-15(10)21-8-13(18)14(19)20-17(21)23/h2-6,8,10,12,15H,7,9H2,1H3,(H2,19,20,23)/t10-,12-,15+/m0/s1. The molecule has 25 heavy (non-hydrogen) atoms. The normalized spacial score (nSPS) is 22.7. The molecule has 1 fully saturated rings. The molecule has 0 amide bonds. The van der Waals surface area contributed by atoms with Crippen LogP contribution in [0.2, 0.25) is 0 Å². The van der Waals surface area contributed by atoms with E-state index in [1.54, 1.807) is 30.5 Å². The van der Waals surface area contributed by atoms with Gasteiger partial charge in [0.05, 0.1) is 15.2 Å². The molecule has 1 aromatic carbocycles. The zero-order chi connectivity index (χ0) is 18.0. The predicted octanol–water partition coefficient (Wildman–Crippen LogP) is 2.21. The summed E-state index contributed by atoms with van der Waals surface area (Å²) < 4.78 is 13.4. The number of hydrogen-bond acceptors (Lipinski definition) is 6. The first-order valence-electron chi connectivity index (χ1n) is 7.87. The molecule has 3 atom stereocenters. The lowest BCUT2D eigenvalue weighted by Crippen LogP contribution is -2.30. The third-order valence-corrected chi connectivity index (χ3v) is 4.90. The monoisotopic (exact) mass is 455 g/mol. The number of nitrogen functional groups attached to an aromatic ring is 1. The van der Waals surface area contributed by atoms with Gasteiger partial charge in [0.2, 0.25) is 0 Å². The van der Waals surface area contributed by atoms with Crippen molar-refractivity contribution >= 4 is 34.4 Å². The quantitative estimate of drug-likeness (QED) is 0.561. The number of hydrogen-bond donors (Lipinski definition) is 1. The molecule has 8 heteroatoms. The van der Waals surface area contributed by atoms with Crippen LogP contribution in [0.15, 0.2) is 41.3 Å². The molecule has 0 radical (unpaired) electrons. The molecule has 2 aromatic rings. The lowest BCUT2D eigenvalue weighted by Gasteiger charge is -2.18. The molecule has 1 aliphatic rings. The molecule has 132 valence electrons. The summed E-state index contributed by atoms with van der Waals surface area (Å²) >= 11 is 2.03. The van der Waals surface area contributed by atoms with E-state index in [-0.39, 0.29) is 30.4 Å². The van der Waals surface area contributed by atoms with Crippen LogP contribution in [0.1, 0.15) is 29.9 Å². The largest absolute Gasteiger partial charge is 0.459 e. The SMILES string of the molecule is C[C@H]1C[C@@H](COC(=O)c2ccccc2)O[C@H]1n1cc(I)c(N)nc1=O. The smallest absolute Gasteiger partial charge is 0.351 e. The van der Waals surface area contributed by atoms with Crippen LogP contribution in [0.3, 0.4) is 0 Å². The summed E-state index contributed by atoms with van der Waals surface area (Å²) in [6.45, 7) is 2.13. The van der Waals surface area contributed by atoms with E-state index in [1.807, 2.05) is 35.6 Å². The van der Waals surface area contributed by atoms with Crippen LogP contribution in [-0.2, 0) is 9.47 Å². The van der Waals surface area contributed by atoms with Crippen molar-refractivity contribution in [1.82, 2.24) is 9.55 Å². The number of benzene rings is 1. The Hall–Kier alpha value is -1.94. The first kappa shape index (κ1) is 17.9. The van der Waals surface area contributed by atoms with Crippen molar-refractivity contribution in [2.45, 2.75) is 25.7 Å². The summed E-state index contributed by atoms with van der Waals surface area (Å²) in [6, 6.07) is 8.80. The van der Waals surface area contributed by atoms with Crippen molar-refractivity contribution in [3.8, 4) is 0 Å². The lowest BCUT2D eigenvalue weighted by atomic mass is 10.1. The number of carbonyl (C=O) groups excluding carboxylic acids is 1. The summed E-state index contributed by atoms with van der Waals surface area (Å²) in [6.07, 6.45) is 1.61. The summed E-state index contributed by atoms with van der Waals surface area (Å²) in [5.74, 6) is -0.0960. The molecule has 1 aliphatic heterocycles. The highest BCUT2D eigenvalue weighted by atomic mass is 127. The molecule has 2 N–H and O–H groups in total. The van der Waals surface area contributed by atoms with Gasteiger partial charge in [-0.05, 0) is 41.1 Å². The van der Waals surface area contributed by atoms with E-state index in [1.165, 1.54) is 4.57 Å². The average Bonchev–Trinajstić information content (AvgIpc) is 2.97. The van der Waals surface area contributed by atoms with E-state index in [2.05, 4.69) is 4.98 Å². The summed E-state index contributed by atoms with van der Waals surface area (Å²) in [4.78, 5) is 27.9. The molecule has 2 heterocycles. The van der Waals surface area contributed by atoms with E-state index in [0.717, 1.165) is 0 Å². The van der Waals surface area contributed by atoms with Crippen LogP contribution in [0, 0.1) is 9.49 Å². The second kappa shape index (κ2) is 7.52. The summed E-state index contributed by atoms with van der Waals surface area (Å²) in [5, 5.41) is 0. The van der Waals surface area contributed by atoms with Crippen LogP contribution in [0.25, 0.3) is 0 Å². The van der Waals surface area contributed by atoms with Gasteiger partial charge in [-0.25, -0.2) is 9.59 Å². The van der Waals surface area contributed by atoms with Crippen molar-refractivity contribution in [1.29, 1.82) is 0 Å². The Morgan fingerprint density at radius 2 is 2.16 bits per heavy atom. The Morgan fingerprint density at radius 3 is 2.88 bits per heavy atom. The number of anilines is 1. The number of carbonyl (C=O) groups is 1. The Bertz CT molecular complexity index is 824. The van der Waals surface area contributed by atoms with Crippen molar-refractivity contribution in [2.24, 2.45) is 5.92 Å². The molecule has 0 bridgehead atoms. The fourth-order valence-electron chi connectivity index (χ4n) is 2.83. The fourth-order valence-corrected chi connectivity index (χ4v) is 3.25. The third-order valence-electron chi connectivity index (χ3n) is 4.07. The minimum absolute atomic E-state index is 0.0827. The lowest BCUT2D eigenvalue weighted by molar-refractivity contribution is -0.0411. The van der Waals surface area contributed by atoms with Gasteiger partial charge in [-0.3, -0.25) is 4.57 Å². The fraction of sp³-hybridized carbons (Fsp3) is 0.353. The van der Waals surface area contributed by atoms with Gasteiger partial charge in [0.1, 0.15) is 18.7 Å². The van der Waals surface area contributed by atoms with E-state index in [9.17, 15) is 9.59 Å². The number of rotatable bonds is 4. The Balaban J connectivity index is 1.65. The molecule has 7 nitrogen and oxygen atoms in total. The molecule has 1 aromatic heterocycles. The van der Waals surface area contributed by atoms with Crippen LogP contribution in [0.4, 0.5) is 5.82 Å². The molecule has 1 saturated heterocycles. The minimum atomic E-state index is -0.449. The highest BCUT2D eigenvalue weighted by molar-refractivity contribution is 14.1. The van der Waals surface area contributed by atoms with Gasteiger partial charge in [-0.15, -0.1) is 0 Å². The number of nitrogens with two attached hydrogens (primary N) is 1. The van der Waals surface area contributed by atoms with Crippen LogP contribution in [0.5, 0.6) is 0 Å². The van der Waals surface area contributed by atoms with Gasteiger partial charge in [0.15, 0.2) is 0 Å². The minimum Gasteiger partial charge on any atom is -0.459 e. The first-order valence-corrected chi connectivity index (χ1v) is 8.95. The third kappa shape index (κ3) is 4.01. The van der Waals surface area contributed by atoms with Crippen LogP contribution >= 0.6 is 22.6 Å². The van der Waals surface area contributed by atoms with Crippen molar-refractivity contribution in [3.63, 3.8) is 0 Å². The van der Waals surface area contributed by atoms with Gasteiger partial charge >= 0.3 is 11.7 Å². The molecule has 0 unspecified atom stereocenters. The second-order valence-corrected chi connectivity index (χ2v) is 7.15. The zero-order valence-corrected chi connectivity index (χ0v) is 15.8. The number of esters is 1. The van der Waals surface area contributed by atoms with Crippen molar-refractivity contribution < 1.29 is 14.3 Å². The highest BCUT2D eigenvalue weighted by Gasteiger charge is 2.35. The molecular weight excluding hydrogens is 437 g/mol. The van der Waals surface area contributed by atoms with Crippen molar-refractivity contribution in [2.75, 3.05) is 12.3 Å². The maximum atomic E-state index is 12.1. The van der Waals surface area contributed by atoms with Crippen molar-refractivity contribution in [3.05, 3.63) is 56.1 Å². The molecule has 0 spiro atoms. The van der Waals surface area contributed by atoms with E-state index in [0.29, 0.717) is 15.6 Å². The maximum absolute atomic E-state index is 12.1. The number of ether oxygens (including phenoxy) is 2. The molecule has 0 aliphatic carbocycles. The zero-order valence-electron chi connectivity index (χ0n) is 13.6. The van der Waals surface area contributed by atoms with E-state index < -0.39 is 11.9 Å². The molecule has 3 rings (SSSR count).